The number of rotatable bonds is 6. The van der Waals surface area contributed by atoms with E-state index in [1.165, 1.54) is 4.68 Å². The molecule has 1 unspecified atom stereocenters. The van der Waals surface area contributed by atoms with Gasteiger partial charge in [-0.25, -0.2) is 13.6 Å². The molecule has 2 aromatic heterocycles. The molecule has 39 heavy (non-hydrogen) atoms. The first-order valence-electron chi connectivity index (χ1n) is 13.0. The molecule has 1 saturated carbocycles. The predicted molar refractivity (Wildman–Crippen MR) is 139 cm³/mol. The fraction of sp³-hybridized carbons (Fsp3) is 0.267. The summed E-state index contributed by atoms with van der Waals surface area (Å²) in [5, 5.41) is 4.45. The lowest BCUT2D eigenvalue weighted by molar-refractivity contribution is 0.0642. The summed E-state index contributed by atoms with van der Waals surface area (Å²) < 4.78 is 35.0. The zero-order valence-corrected chi connectivity index (χ0v) is 21.1. The Kier molecular flexibility index (Phi) is 6.64. The summed E-state index contributed by atoms with van der Waals surface area (Å²) in [4.78, 5) is 31.7. The number of hydrogen-bond acceptors (Lipinski definition) is 5. The zero-order valence-electron chi connectivity index (χ0n) is 21.1. The summed E-state index contributed by atoms with van der Waals surface area (Å²) in [6.07, 6.45) is 6.95. The van der Waals surface area contributed by atoms with Gasteiger partial charge in [0.2, 0.25) is 0 Å². The maximum atomic E-state index is 14.2. The van der Waals surface area contributed by atoms with Gasteiger partial charge in [0.15, 0.2) is 11.6 Å². The topological polar surface area (TPSA) is 77.3 Å². The second-order valence-corrected chi connectivity index (χ2v) is 9.98. The summed E-state index contributed by atoms with van der Waals surface area (Å²) in [5.41, 5.74) is 3.31. The van der Waals surface area contributed by atoms with Crippen molar-refractivity contribution < 1.29 is 23.1 Å². The van der Waals surface area contributed by atoms with Crippen LogP contribution in [0, 0.1) is 11.6 Å². The Morgan fingerprint density at radius 3 is 2.36 bits per heavy atom. The maximum Gasteiger partial charge on any atom is 0.435 e. The zero-order chi connectivity index (χ0) is 26.9. The molecule has 0 spiro atoms. The van der Waals surface area contributed by atoms with Crippen LogP contribution in [0.25, 0.3) is 11.1 Å². The molecule has 1 amide bonds. The minimum Gasteiger partial charge on any atom is -0.443 e. The van der Waals surface area contributed by atoms with E-state index >= 15 is 0 Å². The van der Waals surface area contributed by atoms with E-state index in [1.54, 1.807) is 30.5 Å². The molecule has 2 aromatic carbocycles. The van der Waals surface area contributed by atoms with Crippen molar-refractivity contribution in [1.29, 1.82) is 0 Å². The lowest BCUT2D eigenvalue weighted by Crippen LogP contribution is -2.44. The fourth-order valence-electron chi connectivity index (χ4n) is 5.20. The van der Waals surface area contributed by atoms with Crippen molar-refractivity contribution in [3.05, 3.63) is 107 Å². The maximum absolute atomic E-state index is 14.2. The number of carbonyl (C=O) groups is 2. The normalized spacial score (nSPS) is 16.4. The number of aryl methyl sites for hydroxylation is 1. The number of halogens is 2. The summed E-state index contributed by atoms with van der Waals surface area (Å²) in [5.74, 6) is -1.62. The van der Waals surface area contributed by atoms with E-state index in [4.69, 9.17) is 4.74 Å². The van der Waals surface area contributed by atoms with Crippen LogP contribution in [0.2, 0.25) is 0 Å². The molecule has 1 atom stereocenters. The molecule has 7 nitrogen and oxygen atoms in total. The van der Waals surface area contributed by atoms with Crippen LogP contribution in [0.3, 0.4) is 0 Å². The number of fused-ring (bicyclic) bond motifs is 1. The van der Waals surface area contributed by atoms with Crippen LogP contribution >= 0.6 is 0 Å². The summed E-state index contributed by atoms with van der Waals surface area (Å²) in [7, 11) is 0. The highest BCUT2D eigenvalue weighted by Crippen LogP contribution is 2.35. The number of carbonyl (C=O) groups excluding carboxylic acids is 2. The Bertz CT molecular complexity index is 1500. The van der Waals surface area contributed by atoms with E-state index in [1.807, 2.05) is 35.2 Å². The van der Waals surface area contributed by atoms with Gasteiger partial charge in [0.1, 0.15) is 6.61 Å². The Morgan fingerprint density at radius 2 is 1.67 bits per heavy atom. The van der Waals surface area contributed by atoms with Gasteiger partial charge in [0.25, 0.3) is 5.91 Å². The molecule has 0 saturated heterocycles. The van der Waals surface area contributed by atoms with Gasteiger partial charge in [0.05, 0.1) is 23.7 Å². The molecule has 4 aromatic rings. The third-order valence-corrected chi connectivity index (χ3v) is 7.28. The van der Waals surface area contributed by atoms with Gasteiger partial charge in [0, 0.05) is 23.8 Å². The van der Waals surface area contributed by atoms with E-state index in [-0.39, 0.29) is 30.2 Å². The Hall–Kier alpha value is -4.40. The van der Waals surface area contributed by atoms with Crippen LogP contribution in [-0.4, -0.2) is 43.7 Å². The minimum absolute atomic E-state index is 0.0368. The van der Waals surface area contributed by atoms with Gasteiger partial charge in [-0.15, -0.1) is 0 Å². The van der Waals surface area contributed by atoms with Crippen LogP contribution in [0.5, 0.6) is 0 Å². The van der Waals surface area contributed by atoms with Gasteiger partial charge in [-0.2, -0.15) is 9.78 Å². The van der Waals surface area contributed by atoms with Crippen LogP contribution < -0.4 is 0 Å². The second-order valence-electron chi connectivity index (χ2n) is 9.98. The average molecular weight is 529 g/mol. The predicted octanol–water partition coefficient (Wildman–Crippen LogP) is 5.57. The number of ether oxygens (including phenoxy) is 1. The fourth-order valence-corrected chi connectivity index (χ4v) is 5.20. The number of nitrogens with zero attached hydrogens (tertiary/aromatic N) is 4. The van der Waals surface area contributed by atoms with Crippen LogP contribution in [0.15, 0.2) is 73.2 Å². The molecule has 2 aliphatic carbocycles. The lowest BCUT2D eigenvalue weighted by Gasteiger charge is -2.34. The Balaban J connectivity index is 1.16. The number of aromatic nitrogens is 3. The van der Waals surface area contributed by atoms with Crippen LogP contribution in [0.4, 0.5) is 13.6 Å². The Labute approximate surface area is 224 Å². The van der Waals surface area contributed by atoms with Crippen molar-refractivity contribution in [2.45, 2.75) is 50.8 Å². The van der Waals surface area contributed by atoms with Gasteiger partial charge in [-0.05, 0) is 60.9 Å². The standard InChI is InChI=1S/C30H26F2N4O3/c31-25-15-33-16-26(32)28(25)20-6-8-21(9-7-20)29(37)36(23-10-11-23)24-12-13-27-22(14-24)17-35(34-27)30(38)39-18-19-4-2-1-3-5-19/h1-9,15-17,23-24H,10-14,18H2. The van der Waals surface area contributed by atoms with E-state index in [0.29, 0.717) is 24.0 Å². The molecule has 6 rings (SSSR count). The molecule has 0 aliphatic heterocycles. The monoisotopic (exact) mass is 528 g/mol. The third kappa shape index (κ3) is 5.16. The molecule has 0 N–H and O–H groups in total. The highest BCUT2D eigenvalue weighted by Gasteiger charge is 2.39. The SMILES string of the molecule is O=C(c1ccc(-c2c(F)cncc2F)cc1)N(C1CC1)C1CCc2nn(C(=O)OCc3ccccc3)cc2C1. The minimum atomic E-state index is -0.754. The summed E-state index contributed by atoms with van der Waals surface area (Å²) in [6, 6.07) is 15.9. The van der Waals surface area contributed by atoms with Crippen molar-refractivity contribution in [1.82, 2.24) is 19.7 Å². The quantitative estimate of drug-likeness (QED) is 0.327. The summed E-state index contributed by atoms with van der Waals surface area (Å²) in [6.45, 7) is 0.163. The van der Waals surface area contributed by atoms with Gasteiger partial charge < -0.3 is 9.64 Å². The molecule has 198 valence electrons. The number of amides is 1. The van der Waals surface area contributed by atoms with Crippen molar-refractivity contribution in [2.75, 3.05) is 0 Å². The van der Waals surface area contributed by atoms with Crippen LogP contribution in [-0.2, 0) is 24.2 Å². The molecule has 0 bridgehead atoms. The molecule has 2 aliphatic rings. The van der Waals surface area contributed by atoms with Crippen LogP contribution in [0.1, 0.15) is 46.4 Å². The van der Waals surface area contributed by atoms with E-state index in [9.17, 15) is 18.4 Å². The van der Waals surface area contributed by atoms with Gasteiger partial charge in [-0.1, -0.05) is 42.5 Å². The highest BCUT2D eigenvalue weighted by atomic mass is 19.1. The number of benzene rings is 2. The van der Waals surface area contributed by atoms with E-state index < -0.39 is 17.7 Å². The van der Waals surface area contributed by atoms with Gasteiger partial charge >= 0.3 is 6.09 Å². The smallest absolute Gasteiger partial charge is 0.435 e. The average Bonchev–Trinajstić information content (AvgIpc) is 3.69. The molecule has 9 heteroatoms. The second kappa shape index (κ2) is 10.4. The van der Waals surface area contributed by atoms with E-state index in [0.717, 1.165) is 48.5 Å². The first-order valence-corrected chi connectivity index (χ1v) is 13.0. The van der Waals surface area contributed by atoms with E-state index in [2.05, 4.69) is 10.1 Å². The molecular weight excluding hydrogens is 502 g/mol. The highest BCUT2D eigenvalue weighted by molar-refractivity contribution is 5.95. The van der Waals surface area contributed by atoms with Crippen molar-refractivity contribution in [3.8, 4) is 11.1 Å². The largest absolute Gasteiger partial charge is 0.443 e. The number of hydrogen-bond donors (Lipinski definition) is 0. The first-order chi connectivity index (χ1) is 19.0. The molecule has 1 fully saturated rings. The van der Waals surface area contributed by atoms with Gasteiger partial charge in [-0.3, -0.25) is 9.78 Å². The number of pyridine rings is 1. The third-order valence-electron chi connectivity index (χ3n) is 7.28. The lowest BCUT2D eigenvalue weighted by atomic mass is 9.91. The molecule has 0 radical (unpaired) electrons. The summed E-state index contributed by atoms with van der Waals surface area (Å²) >= 11 is 0. The van der Waals surface area contributed by atoms with Crippen molar-refractivity contribution in [3.63, 3.8) is 0 Å². The van der Waals surface area contributed by atoms with Crippen molar-refractivity contribution in [2.24, 2.45) is 0 Å². The molecular formula is C30H26F2N4O3. The first kappa shape index (κ1) is 24.9. The Morgan fingerprint density at radius 1 is 0.949 bits per heavy atom. The van der Waals surface area contributed by atoms with Crippen molar-refractivity contribution >= 4 is 12.0 Å². The molecule has 2 heterocycles.